The summed E-state index contributed by atoms with van der Waals surface area (Å²) in [4.78, 5) is 0. The maximum absolute atomic E-state index is 6.63. The van der Waals surface area contributed by atoms with E-state index in [9.17, 15) is 0 Å². The van der Waals surface area contributed by atoms with Gasteiger partial charge in [-0.05, 0) is 96.4 Å². The second kappa shape index (κ2) is 6.82. The van der Waals surface area contributed by atoms with E-state index in [2.05, 4.69) is 123 Å². The minimum absolute atomic E-state index is 0.0526. The maximum atomic E-state index is 6.63. The molecular formula is C37H24O. The van der Waals surface area contributed by atoms with E-state index in [1.54, 1.807) is 0 Å². The zero-order valence-corrected chi connectivity index (χ0v) is 21.3. The van der Waals surface area contributed by atoms with Crippen molar-refractivity contribution in [2.45, 2.75) is 19.3 Å². The van der Waals surface area contributed by atoms with Crippen LogP contribution in [0.3, 0.4) is 0 Å². The van der Waals surface area contributed by atoms with Crippen molar-refractivity contribution >= 4 is 65.0 Å². The smallest absolute Gasteiger partial charge is 0.136 e. The Bertz CT molecular complexity index is 2310. The van der Waals surface area contributed by atoms with Gasteiger partial charge in [0.2, 0.25) is 0 Å². The van der Waals surface area contributed by atoms with Crippen LogP contribution in [0.2, 0.25) is 0 Å². The summed E-state index contributed by atoms with van der Waals surface area (Å²) in [5, 5.41) is 12.7. The Morgan fingerprint density at radius 1 is 0.447 bits per heavy atom. The molecule has 1 heteroatoms. The first-order valence-corrected chi connectivity index (χ1v) is 13.4. The van der Waals surface area contributed by atoms with Crippen molar-refractivity contribution < 1.29 is 4.42 Å². The molecule has 1 aliphatic rings. The fraction of sp³-hybridized carbons (Fsp3) is 0.0811. The monoisotopic (exact) mass is 484 g/mol. The average Bonchev–Trinajstić information content (AvgIpc) is 3.43. The van der Waals surface area contributed by atoms with E-state index in [0.717, 1.165) is 11.2 Å². The molecule has 38 heavy (non-hydrogen) atoms. The maximum Gasteiger partial charge on any atom is 0.136 e. The summed E-state index contributed by atoms with van der Waals surface area (Å²) >= 11 is 0. The third-order valence-corrected chi connectivity index (χ3v) is 9.00. The summed E-state index contributed by atoms with van der Waals surface area (Å²) in [5.74, 6) is 0. The molecular weight excluding hydrogens is 460 g/mol. The molecule has 7 aromatic carbocycles. The summed E-state index contributed by atoms with van der Waals surface area (Å²) in [5.41, 5.74) is 7.26. The van der Waals surface area contributed by atoms with Crippen LogP contribution in [0, 0.1) is 0 Å². The van der Waals surface area contributed by atoms with Gasteiger partial charge in [-0.1, -0.05) is 86.6 Å². The normalized spacial score (nSPS) is 14.3. The molecule has 1 nitrogen and oxygen atoms in total. The molecule has 0 unspecified atom stereocenters. The quantitative estimate of drug-likeness (QED) is 0.154. The molecule has 0 aliphatic heterocycles. The van der Waals surface area contributed by atoms with E-state index >= 15 is 0 Å². The van der Waals surface area contributed by atoms with E-state index in [4.69, 9.17) is 4.42 Å². The highest BCUT2D eigenvalue weighted by Crippen LogP contribution is 2.51. The van der Waals surface area contributed by atoms with Gasteiger partial charge in [-0.25, -0.2) is 0 Å². The van der Waals surface area contributed by atoms with Crippen molar-refractivity contribution in [2.24, 2.45) is 0 Å². The number of furan rings is 1. The van der Waals surface area contributed by atoms with Crippen LogP contribution in [-0.4, -0.2) is 0 Å². The Balaban J connectivity index is 1.53. The van der Waals surface area contributed by atoms with Gasteiger partial charge in [0.25, 0.3) is 0 Å². The van der Waals surface area contributed by atoms with Crippen LogP contribution in [-0.2, 0) is 5.41 Å². The van der Waals surface area contributed by atoms with Gasteiger partial charge >= 0.3 is 0 Å². The molecule has 0 N–H and O–H groups in total. The van der Waals surface area contributed by atoms with Crippen molar-refractivity contribution in [1.29, 1.82) is 0 Å². The lowest BCUT2D eigenvalue weighted by molar-refractivity contribution is 0.647. The molecule has 178 valence electrons. The van der Waals surface area contributed by atoms with Gasteiger partial charge in [0.15, 0.2) is 0 Å². The Morgan fingerprint density at radius 2 is 1.13 bits per heavy atom. The van der Waals surface area contributed by atoms with Gasteiger partial charge < -0.3 is 4.42 Å². The highest BCUT2D eigenvalue weighted by molar-refractivity contribution is 6.35. The van der Waals surface area contributed by atoms with E-state index in [-0.39, 0.29) is 5.41 Å². The Labute approximate surface area is 219 Å². The number of hydrogen-bond acceptors (Lipinski definition) is 1. The minimum Gasteiger partial charge on any atom is -0.456 e. The fourth-order valence-corrected chi connectivity index (χ4v) is 7.19. The SMILES string of the molecule is CC1(C)c2ccccc2-c2cc3c(cc21)oc1ccc2c4ccccc4c4cc5ccccc5cc4c2c13. The molecule has 1 aliphatic carbocycles. The van der Waals surface area contributed by atoms with E-state index in [0.29, 0.717) is 0 Å². The summed E-state index contributed by atoms with van der Waals surface area (Å²) in [6.07, 6.45) is 0. The van der Waals surface area contributed by atoms with E-state index < -0.39 is 0 Å². The molecule has 0 radical (unpaired) electrons. The van der Waals surface area contributed by atoms with Gasteiger partial charge in [-0.15, -0.1) is 0 Å². The highest BCUT2D eigenvalue weighted by Gasteiger charge is 2.36. The number of benzene rings is 7. The standard InChI is InChI=1S/C37H24O/c1-37(2)31-14-8-7-13-25(31)28-19-30-34(20-32(28)37)38-33-16-15-26-23-11-5-6-12-24(23)27-17-21-9-3-4-10-22(21)18-29(27)35(26)36(30)33/h3-20H,1-2H3. The number of fused-ring (bicyclic) bond motifs is 14. The van der Waals surface area contributed by atoms with Crippen molar-refractivity contribution in [1.82, 2.24) is 0 Å². The Kier molecular flexibility index (Phi) is 3.67. The first kappa shape index (κ1) is 20.4. The van der Waals surface area contributed by atoms with Crippen molar-refractivity contribution in [2.75, 3.05) is 0 Å². The molecule has 0 bridgehead atoms. The predicted octanol–water partition coefficient (Wildman–Crippen LogP) is 10.5. The topological polar surface area (TPSA) is 13.1 Å². The van der Waals surface area contributed by atoms with Crippen molar-refractivity contribution in [3.05, 3.63) is 120 Å². The van der Waals surface area contributed by atoms with Crippen LogP contribution in [0.25, 0.3) is 76.2 Å². The lowest BCUT2D eigenvalue weighted by Gasteiger charge is -2.21. The average molecular weight is 485 g/mol. The van der Waals surface area contributed by atoms with E-state index in [1.807, 2.05) is 0 Å². The second-order valence-corrected chi connectivity index (χ2v) is 11.3. The largest absolute Gasteiger partial charge is 0.456 e. The molecule has 9 rings (SSSR count). The van der Waals surface area contributed by atoms with Crippen LogP contribution < -0.4 is 0 Å². The molecule has 8 aromatic rings. The highest BCUT2D eigenvalue weighted by atomic mass is 16.3. The van der Waals surface area contributed by atoms with Crippen LogP contribution in [0.5, 0.6) is 0 Å². The van der Waals surface area contributed by atoms with Crippen LogP contribution >= 0.6 is 0 Å². The Hall–Kier alpha value is -4.62. The van der Waals surface area contributed by atoms with Gasteiger partial charge in [0.05, 0.1) is 0 Å². The zero-order chi connectivity index (χ0) is 25.2. The molecule has 0 atom stereocenters. The number of rotatable bonds is 0. The van der Waals surface area contributed by atoms with Gasteiger partial charge in [0.1, 0.15) is 11.2 Å². The molecule has 0 saturated heterocycles. The minimum atomic E-state index is -0.0526. The number of hydrogen-bond donors (Lipinski definition) is 0. The molecule has 1 heterocycles. The predicted molar refractivity (Wildman–Crippen MR) is 161 cm³/mol. The summed E-state index contributed by atoms with van der Waals surface area (Å²) in [7, 11) is 0. The molecule has 0 spiro atoms. The van der Waals surface area contributed by atoms with E-state index in [1.165, 1.54) is 76.1 Å². The summed E-state index contributed by atoms with van der Waals surface area (Å²) in [6, 6.07) is 40.2. The van der Waals surface area contributed by atoms with Gasteiger partial charge in [0, 0.05) is 21.6 Å². The van der Waals surface area contributed by atoms with Crippen LogP contribution in [0.1, 0.15) is 25.0 Å². The van der Waals surface area contributed by atoms with Gasteiger partial charge in [-0.3, -0.25) is 0 Å². The third-order valence-electron chi connectivity index (χ3n) is 9.00. The second-order valence-electron chi connectivity index (χ2n) is 11.3. The molecule has 0 fully saturated rings. The first-order valence-electron chi connectivity index (χ1n) is 13.4. The van der Waals surface area contributed by atoms with Crippen molar-refractivity contribution in [3.8, 4) is 11.1 Å². The third kappa shape index (κ3) is 2.42. The molecule has 0 amide bonds. The zero-order valence-electron chi connectivity index (χ0n) is 21.3. The van der Waals surface area contributed by atoms with Gasteiger partial charge in [-0.2, -0.15) is 0 Å². The fourth-order valence-electron chi connectivity index (χ4n) is 7.19. The summed E-state index contributed by atoms with van der Waals surface area (Å²) < 4.78 is 6.63. The van der Waals surface area contributed by atoms with Crippen LogP contribution in [0.4, 0.5) is 0 Å². The Morgan fingerprint density at radius 3 is 1.95 bits per heavy atom. The molecule has 0 saturated carbocycles. The lowest BCUT2D eigenvalue weighted by Crippen LogP contribution is -2.14. The lowest BCUT2D eigenvalue weighted by atomic mass is 9.82. The first-order chi connectivity index (χ1) is 18.6. The van der Waals surface area contributed by atoms with Crippen LogP contribution in [0.15, 0.2) is 114 Å². The molecule has 1 aromatic heterocycles. The summed E-state index contributed by atoms with van der Waals surface area (Å²) in [6.45, 7) is 4.65. The van der Waals surface area contributed by atoms with Crippen molar-refractivity contribution in [3.63, 3.8) is 0 Å².